The second kappa shape index (κ2) is 10.2. The molecular weight excluding hydrogens is 472 g/mol. The first-order valence-corrected chi connectivity index (χ1v) is 12.6. The third kappa shape index (κ3) is 5.72. The average molecular weight is 495 g/mol. The largest absolute Gasteiger partial charge is 0.348 e. The molecule has 1 heterocycles. The van der Waals surface area contributed by atoms with Gasteiger partial charge in [-0.3, -0.25) is 4.79 Å². The number of hydrogen-bond acceptors (Lipinski definition) is 4. The van der Waals surface area contributed by atoms with Crippen LogP contribution in [0.4, 0.5) is 0 Å². The highest BCUT2D eigenvalue weighted by molar-refractivity contribution is 7.88. The molecule has 0 saturated carbocycles. The molecule has 0 spiro atoms. The number of hydrogen-bond donors (Lipinski definition) is 2. The van der Waals surface area contributed by atoms with Gasteiger partial charge in [-0.05, 0) is 42.4 Å². The van der Waals surface area contributed by atoms with Gasteiger partial charge in [0, 0.05) is 23.3 Å². The molecule has 3 aromatic carbocycles. The molecule has 0 aliphatic heterocycles. The van der Waals surface area contributed by atoms with Crippen molar-refractivity contribution in [1.82, 2.24) is 19.8 Å². The van der Waals surface area contributed by atoms with Gasteiger partial charge in [-0.2, -0.15) is 5.10 Å². The number of halogens is 1. The number of amides is 1. The first kappa shape index (κ1) is 23.7. The molecule has 2 N–H and O–H groups in total. The molecule has 0 atom stereocenters. The van der Waals surface area contributed by atoms with E-state index < -0.39 is 10.0 Å². The van der Waals surface area contributed by atoms with Gasteiger partial charge < -0.3 is 5.32 Å². The smallest absolute Gasteiger partial charge is 0.255 e. The number of carbonyl (C=O) groups is 1. The van der Waals surface area contributed by atoms with Crippen molar-refractivity contribution in [2.24, 2.45) is 0 Å². The quantitative estimate of drug-likeness (QED) is 0.384. The molecule has 1 aromatic heterocycles. The first-order valence-electron chi connectivity index (χ1n) is 10.5. The molecular formula is C25H23ClN4O3S. The number of rotatable bonds is 8. The normalized spacial score (nSPS) is 11.4. The highest BCUT2D eigenvalue weighted by atomic mass is 35.5. The summed E-state index contributed by atoms with van der Waals surface area (Å²) in [4.78, 5) is 13.1. The summed E-state index contributed by atoms with van der Waals surface area (Å²) >= 11 is 6.03. The van der Waals surface area contributed by atoms with Gasteiger partial charge in [0.05, 0.1) is 17.0 Å². The van der Waals surface area contributed by atoms with Gasteiger partial charge in [0.1, 0.15) is 5.69 Å². The summed E-state index contributed by atoms with van der Waals surface area (Å²) in [6.45, 7) is 0.286. The molecule has 174 valence electrons. The Labute approximate surface area is 203 Å². The average Bonchev–Trinajstić information content (AvgIpc) is 3.30. The Hall–Kier alpha value is -3.46. The molecule has 4 rings (SSSR count). The van der Waals surface area contributed by atoms with Crippen molar-refractivity contribution in [2.45, 2.75) is 12.3 Å². The minimum absolute atomic E-state index is 0.0980. The first-order chi connectivity index (χ1) is 16.3. The topological polar surface area (TPSA) is 93.1 Å². The maximum atomic E-state index is 13.1. The van der Waals surface area contributed by atoms with Crippen LogP contribution in [0.1, 0.15) is 21.5 Å². The van der Waals surface area contributed by atoms with Crippen LogP contribution in [-0.2, 0) is 22.3 Å². The molecule has 7 nitrogen and oxygen atoms in total. The lowest BCUT2D eigenvalue weighted by Gasteiger charge is -2.07. The van der Waals surface area contributed by atoms with Gasteiger partial charge in [-0.15, -0.1) is 0 Å². The number of nitrogens with one attached hydrogen (secondary N) is 2. The summed E-state index contributed by atoms with van der Waals surface area (Å²) < 4.78 is 27.4. The Morgan fingerprint density at radius 2 is 1.59 bits per heavy atom. The standard InChI is InChI=1S/C25H23ClN4O3S/c1-27-34(32,33)17-19-9-7-18(8-10-19)15-28-25(31)23-16-30(22-5-3-2-4-6-22)29-24(23)20-11-13-21(26)14-12-20/h2-14,16,27H,15,17H2,1H3,(H,28,31). The van der Waals surface area contributed by atoms with Crippen molar-refractivity contribution in [3.63, 3.8) is 0 Å². The van der Waals surface area contributed by atoms with Gasteiger partial charge in [0.15, 0.2) is 0 Å². The minimum atomic E-state index is -3.34. The van der Waals surface area contributed by atoms with Crippen LogP contribution in [-0.4, -0.2) is 31.2 Å². The lowest BCUT2D eigenvalue weighted by molar-refractivity contribution is 0.0951. The predicted molar refractivity (Wildman–Crippen MR) is 133 cm³/mol. The molecule has 0 radical (unpaired) electrons. The third-order valence-corrected chi connectivity index (χ3v) is 6.83. The Morgan fingerprint density at radius 3 is 2.24 bits per heavy atom. The van der Waals surface area contributed by atoms with E-state index in [9.17, 15) is 13.2 Å². The van der Waals surface area contributed by atoms with Crippen LogP contribution in [0.25, 0.3) is 16.9 Å². The van der Waals surface area contributed by atoms with Crippen LogP contribution in [0.3, 0.4) is 0 Å². The van der Waals surface area contributed by atoms with E-state index in [0.29, 0.717) is 21.8 Å². The predicted octanol–water partition coefficient (Wildman–Crippen LogP) is 4.17. The van der Waals surface area contributed by atoms with Crippen molar-refractivity contribution in [2.75, 3.05) is 7.05 Å². The van der Waals surface area contributed by atoms with Crippen molar-refractivity contribution in [1.29, 1.82) is 0 Å². The molecule has 0 bridgehead atoms. The van der Waals surface area contributed by atoms with Crippen molar-refractivity contribution in [3.05, 3.63) is 107 Å². The van der Waals surface area contributed by atoms with E-state index in [2.05, 4.69) is 15.1 Å². The van der Waals surface area contributed by atoms with Crippen molar-refractivity contribution >= 4 is 27.5 Å². The molecule has 0 aliphatic rings. The third-order valence-electron chi connectivity index (χ3n) is 5.24. The lowest BCUT2D eigenvalue weighted by atomic mass is 10.1. The summed E-state index contributed by atoms with van der Waals surface area (Å²) in [6.07, 6.45) is 1.71. The van der Waals surface area contributed by atoms with Crippen LogP contribution < -0.4 is 10.0 Å². The Morgan fingerprint density at radius 1 is 0.941 bits per heavy atom. The molecule has 0 fully saturated rings. The van der Waals surface area contributed by atoms with E-state index in [0.717, 1.165) is 16.8 Å². The van der Waals surface area contributed by atoms with E-state index >= 15 is 0 Å². The fraction of sp³-hybridized carbons (Fsp3) is 0.120. The Kier molecular flexibility index (Phi) is 7.12. The molecule has 34 heavy (non-hydrogen) atoms. The molecule has 0 unspecified atom stereocenters. The molecule has 0 aliphatic carbocycles. The van der Waals surface area contributed by atoms with Crippen LogP contribution in [0.5, 0.6) is 0 Å². The van der Waals surface area contributed by atoms with Crippen LogP contribution in [0, 0.1) is 0 Å². The van der Waals surface area contributed by atoms with Crippen LogP contribution in [0.15, 0.2) is 85.1 Å². The zero-order valence-corrected chi connectivity index (χ0v) is 20.0. The fourth-order valence-corrected chi connectivity index (χ4v) is 4.30. The van der Waals surface area contributed by atoms with Crippen LogP contribution in [0.2, 0.25) is 5.02 Å². The summed E-state index contributed by atoms with van der Waals surface area (Å²) in [6, 6.07) is 23.8. The van der Waals surface area contributed by atoms with Gasteiger partial charge in [-0.1, -0.05) is 66.2 Å². The van der Waals surface area contributed by atoms with E-state index in [4.69, 9.17) is 11.6 Å². The minimum Gasteiger partial charge on any atom is -0.348 e. The van der Waals surface area contributed by atoms with E-state index in [-0.39, 0.29) is 18.2 Å². The maximum absolute atomic E-state index is 13.1. The molecule has 0 saturated heterocycles. The number of nitrogens with zero attached hydrogens (tertiary/aromatic N) is 2. The number of aromatic nitrogens is 2. The Bertz CT molecular complexity index is 1380. The summed E-state index contributed by atoms with van der Waals surface area (Å²) in [7, 11) is -1.95. The highest BCUT2D eigenvalue weighted by Gasteiger charge is 2.19. The molecule has 9 heteroatoms. The summed E-state index contributed by atoms with van der Waals surface area (Å²) in [5.41, 5.74) is 4.11. The van der Waals surface area contributed by atoms with E-state index in [1.54, 1.807) is 47.3 Å². The Balaban J connectivity index is 1.55. The van der Waals surface area contributed by atoms with Gasteiger partial charge in [0.2, 0.25) is 10.0 Å². The summed E-state index contributed by atoms with van der Waals surface area (Å²) in [5, 5.41) is 8.19. The number of benzene rings is 3. The number of carbonyl (C=O) groups excluding carboxylic acids is 1. The monoisotopic (exact) mass is 494 g/mol. The second-order valence-corrected chi connectivity index (χ2v) is 10.0. The molecule has 1 amide bonds. The SMILES string of the molecule is CNS(=O)(=O)Cc1ccc(CNC(=O)c2cn(-c3ccccc3)nc2-c2ccc(Cl)cc2)cc1. The zero-order chi connectivity index (χ0) is 24.1. The van der Waals surface area contributed by atoms with E-state index in [1.165, 1.54) is 7.05 Å². The van der Waals surface area contributed by atoms with Crippen molar-refractivity contribution < 1.29 is 13.2 Å². The highest BCUT2D eigenvalue weighted by Crippen LogP contribution is 2.25. The summed E-state index contributed by atoms with van der Waals surface area (Å²) in [5.74, 6) is -0.367. The number of sulfonamides is 1. The fourth-order valence-electron chi connectivity index (χ4n) is 3.40. The number of para-hydroxylation sites is 1. The second-order valence-electron chi connectivity index (χ2n) is 7.64. The molecule has 4 aromatic rings. The zero-order valence-electron chi connectivity index (χ0n) is 18.4. The maximum Gasteiger partial charge on any atom is 0.255 e. The van der Waals surface area contributed by atoms with Crippen LogP contribution >= 0.6 is 11.6 Å². The van der Waals surface area contributed by atoms with Crippen molar-refractivity contribution in [3.8, 4) is 16.9 Å². The van der Waals surface area contributed by atoms with E-state index in [1.807, 2.05) is 42.5 Å². The lowest BCUT2D eigenvalue weighted by Crippen LogP contribution is -2.23. The van der Waals surface area contributed by atoms with Gasteiger partial charge in [0.25, 0.3) is 5.91 Å². The van der Waals surface area contributed by atoms with Gasteiger partial charge in [-0.25, -0.2) is 17.8 Å². The van der Waals surface area contributed by atoms with Gasteiger partial charge >= 0.3 is 0 Å².